The summed E-state index contributed by atoms with van der Waals surface area (Å²) in [5.74, 6) is 0.967. The molecule has 0 heterocycles. The van der Waals surface area contributed by atoms with Crippen LogP contribution in [0.4, 0.5) is 0 Å². The van der Waals surface area contributed by atoms with Crippen molar-refractivity contribution in [3.63, 3.8) is 0 Å². The zero-order valence-corrected chi connectivity index (χ0v) is 9.57. The predicted molar refractivity (Wildman–Crippen MR) is 62.2 cm³/mol. The topological polar surface area (TPSA) is 9.23 Å². The zero-order valence-electron chi connectivity index (χ0n) is 7.86. The molecule has 1 nitrogen and oxygen atoms in total. The Balaban J connectivity index is 2.96. The first-order valence-electron chi connectivity index (χ1n) is 4.33. The second-order valence-electron chi connectivity index (χ2n) is 2.75. The summed E-state index contributed by atoms with van der Waals surface area (Å²) in [7, 11) is 0.967. The van der Waals surface area contributed by atoms with Crippen LogP contribution in [-0.2, 0) is 21.5 Å². The summed E-state index contributed by atoms with van der Waals surface area (Å²) in [6, 6.07) is 8.08. The van der Waals surface area contributed by atoms with Crippen molar-refractivity contribution in [3.8, 4) is 5.75 Å². The van der Waals surface area contributed by atoms with Gasteiger partial charge in [0, 0.05) is 10.8 Å². The molecule has 0 spiro atoms. The molecule has 0 saturated carbocycles. The molecule has 1 unspecified atom stereocenters. The number of thiol groups is 1. The van der Waals surface area contributed by atoms with Gasteiger partial charge in [-0.3, -0.25) is 0 Å². The van der Waals surface area contributed by atoms with Crippen LogP contribution in [0.15, 0.2) is 24.3 Å². The van der Waals surface area contributed by atoms with E-state index >= 15 is 0 Å². The fourth-order valence-electron chi connectivity index (χ4n) is 1.17. The van der Waals surface area contributed by atoms with E-state index in [0.717, 1.165) is 16.1 Å². The van der Waals surface area contributed by atoms with Crippen molar-refractivity contribution in [1.29, 1.82) is 0 Å². The van der Waals surface area contributed by atoms with Crippen LogP contribution in [0.5, 0.6) is 5.75 Å². The molecule has 72 valence electrons. The van der Waals surface area contributed by atoms with E-state index in [0.29, 0.717) is 11.9 Å². The molecule has 1 atom stereocenters. The van der Waals surface area contributed by atoms with E-state index < -0.39 is 0 Å². The Hall–Kier alpha value is -0.410. The third-order valence-electron chi connectivity index (χ3n) is 1.83. The number of ether oxygens (including phenoxy) is 1. The molecule has 1 aromatic rings. The Morgan fingerprint density at radius 2 is 2.15 bits per heavy atom. The molecule has 0 aliphatic carbocycles. The summed E-state index contributed by atoms with van der Waals surface area (Å²) in [6.07, 6.45) is 0. The monoisotopic (exact) mass is 214 g/mol. The lowest BCUT2D eigenvalue weighted by molar-refractivity contribution is 0.336. The van der Waals surface area contributed by atoms with Gasteiger partial charge in [-0.2, -0.15) is 0 Å². The quantitative estimate of drug-likeness (QED) is 0.771. The molecule has 3 heteroatoms. The Kier molecular flexibility index (Phi) is 4.39. The second kappa shape index (κ2) is 5.35. The highest BCUT2D eigenvalue weighted by Gasteiger charge is 2.07. The van der Waals surface area contributed by atoms with Crippen molar-refractivity contribution in [2.24, 2.45) is 0 Å². The molecular formula is C10H14OS2. The maximum Gasteiger partial charge on any atom is 0.123 e. The minimum atomic E-state index is 0.373. The number of para-hydroxylation sites is 1. The van der Waals surface area contributed by atoms with Crippen molar-refractivity contribution in [3.05, 3.63) is 29.8 Å². The van der Waals surface area contributed by atoms with Gasteiger partial charge in [0.2, 0.25) is 0 Å². The van der Waals surface area contributed by atoms with Gasteiger partial charge in [-0.25, -0.2) is 0 Å². The summed E-state index contributed by atoms with van der Waals surface area (Å²) < 4.78 is 5.51. The summed E-state index contributed by atoms with van der Waals surface area (Å²) in [4.78, 5) is 0. The lowest BCUT2D eigenvalue weighted by Gasteiger charge is -2.12. The highest BCUT2D eigenvalue weighted by molar-refractivity contribution is 8.18. The van der Waals surface area contributed by atoms with Gasteiger partial charge in [0.15, 0.2) is 0 Å². The van der Waals surface area contributed by atoms with Crippen LogP contribution in [0.1, 0.15) is 24.7 Å². The minimum absolute atomic E-state index is 0.373. The molecule has 0 amide bonds. The van der Waals surface area contributed by atoms with Crippen molar-refractivity contribution in [2.75, 3.05) is 6.61 Å². The smallest absolute Gasteiger partial charge is 0.123 e. The Bertz CT molecular complexity index is 286. The number of hydrogen-bond donors (Lipinski definition) is 1. The average Bonchev–Trinajstić information content (AvgIpc) is 2.18. The van der Waals surface area contributed by atoms with Gasteiger partial charge >= 0.3 is 0 Å². The first-order valence-corrected chi connectivity index (χ1v) is 6.31. The first kappa shape index (κ1) is 10.7. The van der Waals surface area contributed by atoms with Crippen LogP contribution in [0.3, 0.4) is 0 Å². The molecule has 1 aromatic carbocycles. The van der Waals surface area contributed by atoms with Gasteiger partial charge < -0.3 is 4.74 Å². The zero-order chi connectivity index (χ0) is 9.68. The maximum atomic E-state index is 5.51. The standard InChI is InChI=1S/C10H14OS2/c1-3-11-10-7-5-4-6-9(10)8(2)13-12/h4-8,13H,3H2,1-2H3. The van der Waals surface area contributed by atoms with E-state index in [1.54, 1.807) is 0 Å². The fourth-order valence-corrected chi connectivity index (χ4v) is 1.84. The molecule has 0 N–H and O–H groups in total. The summed E-state index contributed by atoms with van der Waals surface area (Å²) >= 11 is 5.02. The van der Waals surface area contributed by atoms with E-state index in [1.807, 2.05) is 25.1 Å². The molecule has 0 aliphatic heterocycles. The average molecular weight is 214 g/mol. The highest BCUT2D eigenvalue weighted by Crippen LogP contribution is 2.25. The van der Waals surface area contributed by atoms with Crippen LogP contribution in [0, 0.1) is 0 Å². The molecule has 0 fully saturated rings. The largest absolute Gasteiger partial charge is 0.494 e. The summed E-state index contributed by atoms with van der Waals surface area (Å²) in [5.41, 5.74) is 1.21. The summed E-state index contributed by atoms with van der Waals surface area (Å²) in [6.45, 7) is 4.82. The van der Waals surface area contributed by atoms with Gasteiger partial charge in [-0.1, -0.05) is 29.4 Å². The van der Waals surface area contributed by atoms with Gasteiger partial charge in [0.05, 0.1) is 6.61 Å². The Morgan fingerprint density at radius 3 is 2.77 bits per heavy atom. The van der Waals surface area contributed by atoms with Gasteiger partial charge in [-0.15, -0.1) is 10.3 Å². The van der Waals surface area contributed by atoms with E-state index in [1.165, 1.54) is 5.56 Å². The first-order chi connectivity index (χ1) is 6.29. The highest BCUT2D eigenvalue weighted by atomic mass is 32.8. The molecule has 0 aromatic heterocycles. The molecule has 1 rings (SSSR count). The van der Waals surface area contributed by atoms with Crippen molar-refractivity contribution >= 4 is 21.5 Å². The number of rotatable bonds is 4. The molecule has 0 saturated heterocycles. The van der Waals surface area contributed by atoms with Gasteiger partial charge in [-0.05, 0) is 19.9 Å². The Labute approximate surface area is 87.7 Å². The number of hydrogen-bond acceptors (Lipinski definition) is 2. The van der Waals surface area contributed by atoms with Gasteiger partial charge in [0.1, 0.15) is 5.75 Å². The molecular weight excluding hydrogens is 200 g/mol. The molecule has 0 bridgehead atoms. The minimum Gasteiger partial charge on any atom is -0.494 e. The van der Waals surface area contributed by atoms with E-state index in [4.69, 9.17) is 15.9 Å². The number of benzene rings is 1. The van der Waals surface area contributed by atoms with E-state index in [-0.39, 0.29) is 0 Å². The van der Waals surface area contributed by atoms with Crippen LogP contribution in [0.25, 0.3) is 0 Å². The fraction of sp³-hybridized carbons (Fsp3) is 0.400. The predicted octanol–water partition coefficient (Wildman–Crippen LogP) is 2.42. The van der Waals surface area contributed by atoms with E-state index in [9.17, 15) is 0 Å². The van der Waals surface area contributed by atoms with Crippen LogP contribution in [-0.4, -0.2) is 6.61 Å². The lowest BCUT2D eigenvalue weighted by atomic mass is 10.1. The van der Waals surface area contributed by atoms with Crippen molar-refractivity contribution in [2.45, 2.75) is 19.1 Å². The SMILES string of the molecule is CCOc1ccccc1C(C)[SH]=S. The molecule has 13 heavy (non-hydrogen) atoms. The normalized spacial score (nSPS) is 12.5. The molecule has 0 radical (unpaired) electrons. The third kappa shape index (κ3) is 2.78. The summed E-state index contributed by atoms with van der Waals surface area (Å²) in [5, 5.41) is 0.373. The van der Waals surface area contributed by atoms with Crippen LogP contribution >= 0.6 is 0 Å². The molecule has 0 aliphatic rings. The second-order valence-corrected chi connectivity index (χ2v) is 4.37. The van der Waals surface area contributed by atoms with Crippen LogP contribution < -0.4 is 4.74 Å². The lowest BCUT2D eigenvalue weighted by Crippen LogP contribution is -1.98. The van der Waals surface area contributed by atoms with E-state index in [2.05, 4.69) is 13.0 Å². The van der Waals surface area contributed by atoms with Gasteiger partial charge in [0.25, 0.3) is 0 Å². The van der Waals surface area contributed by atoms with Crippen LogP contribution in [0.2, 0.25) is 0 Å². The van der Waals surface area contributed by atoms with Crippen molar-refractivity contribution in [1.82, 2.24) is 0 Å². The third-order valence-corrected chi connectivity index (χ3v) is 3.37. The van der Waals surface area contributed by atoms with Crippen molar-refractivity contribution < 1.29 is 4.74 Å². The maximum absolute atomic E-state index is 5.51. The Morgan fingerprint density at radius 1 is 1.46 bits per heavy atom.